The summed E-state index contributed by atoms with van der Waals surface area (Å²) in [6.45, 7) is 4.41. The Hall–Kier alpha value is -1.93. The molecule has 0 fully saturated rings. The smallest absolute Gasteiger partial charge is 0.378 e. The highest BCUT2D eigenvalue weighted by molar-refractivity contribution is 5.99. The van der Waals surface area contributed by atoms with E-state index in [1.54, 1.807) is 0 Å². The zero-order valence-electron chi connectivity index (χ0n) is 26.5. The first-order chi connectivity index (χ1) is 20.2. The van der Waals surface area contributed by atoms with E-state index in [1.165, 1.54) is 77.0 Å². The van der Waals surface area contributed by atoms with E-state index in [4.69, 9.17) is 4.74 Å². The van der Waals surface area contributed by atoms with Gasteiger partial charge < -0.3 is 25.2 Å². The van der Waals surface area contributed by atoms with Gasteiger partial charge in [-0.25, -0.2) is 4.79 Å². The molecule has 0 radical (unpaired) electrons. The van der Waals surface area contributed by atoms with Crippen LogP contribution in [-0.4, -0.2) is 55.8 Å². The molecule has 1 unspecified atom stereocenters. The predicted octanol–water partition coefficient (Wildman–Crippen LogP) is 7.87. The molecule has 1 heterocycles. The van der Waals surface area contributed by atoms with Crippen LogP contribution in [0.25, 0.3) is 0 Å². The molecule has 1 rings (SSSR count). The Balaban J connectivity index is 2.52. The third-order valence-corrected chi connectivity index (χ3v) is 8.51. The van der Waals surface area contributed by atoms with Crippen LogP contribution in [0.4, 0.5) is 0 Å². The van der Waals surface area contributed by atoms with E-state index in [1.807, 2.05) is 0 Å². The number of hydrogen-bond acceptors (Lipinski definition) is 8. The van der Waals surface area contributed by atoms with Crippen LogP contribution in [0.3, 0.4) is 0 Å². The van der Waals surface area contributed by atoms with Crippen LogP contribution >= 0.6 is 0 Å². The molecule has 1 aliphatic heterocycles. The number of esters is 1. The monoisotopic (exact) mass is 596 g/mol. The van der Waals surface area contributed by atoms with Gasteiger partial charge in [-0.15, -0.1) is 0 Å². The zero-order chi connectivity index (χ0) is 31.2. The van der Waals surface area contributed by atoms with Crippen molar-refractivity contribution in [2.24, 2.45) is 0 Å². The molecule has 0 amide bonds. The van der Waals surface area contributed by atoms with Crippen LogP contribution < -0.4 is 0 Å². The fourth-order valence-corrected chi connectivity index (χ4v) is 5.68. The van der Waals surface area contributed by atoms with E-state index in [9.17, 15) is 34.8 Å². The highest BCUT2D eigenvalue weighted by Crippen LogP contribution is 2.33. The second-order valence-corrected chi connectivity index (χ2v) is 12.2. The number of ketones is 2. The lowest BCUT2D eigenvalue weighted by Crippen LogP contribution is -2.61. The van der Waals surface area contributed by atoms with Gasteiger partial charge in [0.15, 0.2) is 23.4 Å². The molecule has 0 saturated heterocycles. The molecule has 0 aromatic heterocycles. The number of Topliss-reactive ketones (excluding diaryl/α,β-unsaturated/α-hetero) is 2. The third-order valence-electron chi connectivity index (χ3n) is 8.51. The van der Waals surface area contributed by atoms with Gasteiger partial charge in [0.25, 0.3) is 0 Å². The zero-order valence-corrected chi connectivity index (χ0v) is 26.5. The van der Waals surface area contributed by atoms with Gasteiger partial charge in [-0.05, 0) is 12.8 Å². The number of aliphatic hydroxyl groups is 4. The standard InChI is InChI=1S/C34H60O8/c1-3-5-7-9-11-13-15-17-19-21-23-25-27(35)31(39)34(41,32-29(37)30(38)33(40)42-32)28(36)26-24-22-20-18-16-14-12-10-8-6-4-2/h31-32,37-39,41H,3-26H2,1-2H3/t31?,32-,34-/m0/s1. The molecule has 42 heavy (non-hydrogen) atoms. The summed E-state index contributed by atoms with van der Waals surface area (Å²) in [6.07, 6.45) is 19.4. The first-order valence-electron chi connectivity index (χ1n) is 17.0. The predicted molar refractivity (Wildman–Crippen MR) is 165 cm³/mol. The molecule has 8 nitrogen and oxygen atoms in total. The van der Waals surface area contributed by atoms with Crippen molar-refractivity contribution in [3.05, 3.63) is 11.5 Å². The second-order valence-electron chi connectivity index (χ2n) is 12.2. The summed E-state index contributed by atoms with van der Waals surface area (Å²) >= 11 is 0. The van der Waals surface area contributed by atoms with Crippen molar-refractivity contribution in [2.75, 3.05) is 0 Å². The summed E-state index contributed by atoms with van der Waals surface area (Å²) in [5.74, 6) is -5.14. The molecule has 0 aliphatic carbocycles. The molecule has 0 aromatic rings. The van der Waals surface area contributed by atoms with Gasteiger partial charge in [-0.1, -0.05) is 142 Å². The largest absolute Gasteiger partial charge is 0.505 e. The van der Waals surface area contributed by atoms with Crippen molar-refractivity contribution in [1.82, 2.24) is 0 Å². The molecule has 0 bridgehead atoms. The van der Waals surface area contributed by atoms with Crippen molar-refractivity contribution in [3.63, 3.8) is 0 Å². The van der Waals surface area contributed by atoms with Gasteiger partial charge in [0.2, 0.25) is 17.5 Å². The minimum atomic E-state index is -2.86. The molecular formula is C34H60O8. The van der Waals surface area contributed by atoms with E-state index >= 15 is 0 Å². The quantitative estimate of drug-likeness (QED) is 0.0528. The Kier molecular flexibility index (Phi) is 20.5. The van der Waals surface area contributed by atoms with Gasteiger partial charge in [0.05, 0.1) is 0 Å². The summed E-state index contributed by atoms with van der Waals surface area (Å²) in [4.78, 5) is 37.9. The molecule has 0 spiro atoms. The molecule has 8 heteroatoms. The number of hydrogen-bond donors (Lipinski definition) is 4. The van der Waals surface area contributed by atoms with Gasteiger partial charge in [0, 0.05) is 12.8 Å². The van der Waals surface area contributed by atoms with Gasteiger partial charge in [0.1, 0.15) is 0 Å². The van der Waals surface area contributed by atoms with Gasteiger partial charge in [-0.2, -0.15) is 0 Å². The number of ether oxygens (including phenoxy) is 1. The highest BCUT2D eigenvalue weighted by Gasteiger charge is 2.58. The molecule has 4 N–H and O–H groups in total. The van der Waals surface area contributed by atoms with E-state index in [-0.39, 0.29) is 12.8 Å². The number of aliphatic hydroxyl groups excluding tert-OH is 3. The number of rotatable bonds is 28. The summed E-state index contributed by atoms with van der Waals surface area (Å²) in [6, 6.07) is 0. The third kappa shape index (κ3) is 13.6. The molecular weight excluding hydrogens is 536 g/mol. The van der Waals surface area contributed by atoms with Crippen LogP contribution in [0, 0.1) is 0 Å². The number of cyclic esters (lactones) is 1. The first-order valence-corrected chi connectivity index (χ1v) is 17.0. The molecule has 1 aliphatic rings. The number of carbonyl (C=O) groups is 3. The van der Waals surface area contributed by atoms with Crippen LogP contribution in [0.15, 0.2) is 11.5 Å². The van der Waals surface area contributed by atoms with Crippen LogP contribution in [0.2, 0.25) is 0 Å². The summed E-state index contributed by atoms with van der Waals surface area (Å²) < 4.78 is 4.87. The van der Waals surface area contributed by atoms with E-state index < -0.39 is 46.9 Å². The molecule has 0 aromatic carbocycles. The van der Waals surface area contributed by atoms with Crippen molar-refractivity contribution < 1.29 is 39.5 Å². The fraction of sp³-hybridized carbons (Fsp3) is 0.853. The van der Waals surface area contributed by atoms with Gasteiger partial charge >= 0.3 is 5.97 Å². The molecule has 0 saturated carbocycles. The Labute approximate surface area is 254 Å². The SMILES string of the molecule is CCCCCCCCCCCCCC(=O)C(O)[C@@](O)(C(=O)CCCCCCCCCCCCC)[C@H]1OC(=O)C(O)=C1O. The normalized spacial score (nSPS) is 17.3. The summed E-state index contributed by atoms with van der Waals surface area (Å²) in [5, 5.41) is 42.2. The van der Waals surface area contributed by atoms with Crippen LogP contribution in [0.1, 0.15) is 168 Å². The Morgan fingerprint density at radius 2 is 1.02 bits per heavy atom. The lowest BCUT2D eigenvalue weighted by atomic mass is 9.80. The topological polar surface area (TPSA) is 141 Å². The lowest BCUT2D eigenvalue weighted by molar-refractivity contribution is -0.184. The first kappa shape index (κ1) is 38.1. The van der Waals surface area contributed by atoms with Crippen molar-refractivity contribution >= 4 is 17.5 Å². The highest BCUT2D eigenvalue weighted by atomic mass is 16.6. The number of carbonyl (C=O) groups excluding carboxylic acids is 3. The van der Waals surface area contributed by atoms with Crippen molar-refractivity contribution in [2.45, 2.75) is 186 Å². The average Bonchev–Trinajstić information content (AvgIpc) is 3.24. The van der Waals surface area contributed by atoms with Gasteiger partial charge in [-0.3, -0.25) is 9.59 Å². The Morgan fingerprint density at radius 3 is 1.38 bits per heavy atom. The maximum atomic E-state index is 13.2. The fourth-order valence-electron chi connectivity index (χ4n) is 5.68. The number of unbranched alkanes of at least 4 members (excludes halogenated alkanes) is 20. The second kappa shape index (κ2) is 22.6. The molecule has 244 valence electrons. The Morgan fingerprint density at radius 1 is 0.667 bits per heavy atom. The van der Waals surface area contributed by atoms with Crippen molar-refractivity contribution in [3.8, 4) is 0 Å². The Bertz CT molecular complexity index is 807. The maximum Gasteiger partial charge on any atom is 0.378 e. The van der Waals surface area contributed by atoms with Crippen LogP contribution in [-0.2, 0) is 19.1 Å². The van der Waals surface area contributed by atoms with E-state index in [2.05, 4.69) is 13.8 Å². The minimum Gasteiger partial charge on any atom is -0.505 e. The lowest BCUT2D eigenvalue weighted by Gasteiger charge is -2.34. The minimum absolute atomic E-state index is 0.0522. The molecule has 3 atom stereocenters. The van der Waals surface area contributed by atoms with Crippen LogP contribution in [0.5, 0.6) is 0 Å². The summed E-state index contributed by atoms with van der Waals surface area (Å²) in [7, 11) is 0. The van der Waals surface area contributed by atoms with Crippen molar-refractivity contribution in [1.29, 1.82) is 0 Å². The van der Waals surface area contributed by atoms with E-state index in [0.717, 1.165) is 51.4 Å². The van der Waals surface area contributed by atoms with E-state index in [0.29, 0.717) is 12.8 Å². The summed E-state index contributed by atoms with van der Waals surface area (Å²) in [5.41, 5.74) is -2.86. The maximum absolute atomic E-state index is 13.2. The average molecular weight is 597 g/mol.